The Balaban J connectivity index is 1.83. The van der Waals surface area contributed by atoms with Crippen molar-refractivity contribution in [1.29, 1.82) is 0 Å². The predicted molar refractivity (Wildman–Crippen MR) is 125 cm³/mol. The van der Waals surface area contributed by atoms with Gasteiger partial charge in [-0.25, -0.2) is 8.42 Å². The average Bonchev–Trinajstić information content (AvgIpc) is 2.79. The first kappa shape index (κ1) is 22.6. The lowest BCUT2D eigenvalue weighted by Crippen LogP contribution is -2.29. The van der Waals surface area contributed by atoms with Crippen LogP contribution < -0.4 is 9.62 Å². The molecule has 0 unspecified atom stereocenters. The topological polar surface area (TPSA) is 66.5 Å². The third-order valence-corrected chi connectivity index (χ3v) is 7.32. The molecule has 0 aliphatic heterocycles. The van der Waals surface area contributed by atoms with Gasteiger partial charge in [-0.05, 0) is 67.3 Å². The molecule has 0 bridgehead atoms. The zero-order valence-electron chi connectivity index (χ0n) is 18.3. The summed E-state index contributed by atoms with van der Waals surface area (Å²) >= 11 is 0. The first-order chi connectivity index (χ1) is 14.7. The molecule has 1 N–H and O–H groups in total. The standard InChI is InChI=1S/C25H28N2O3S/c1-5-24(20-15-14-18(2)19(3)16-20)26-25(28)21-10-9-11-22(17-21)27(4)31(29,30)23-12-7-6-8-13-23/h6-17,24H,5H2,1-4H3,(H,26,28)/t24-/m1/s1. The number of amides is 1. The Morgan fingerprint density at radius 2 is 1.65 bits per heavy atom. The highest BCUT2D eigenvalue weighted by molar-refractivity contribution is 7.92. The molecular weight excluding hydrogens is 408 g/mol. The number of benzene rings is 3. The summed E-state index contributed by atoms with van der Waals surface area (Å²) in [6.07, 6.45) is 0.746. The fourth-order valence-electron chi connectivity index (χ4n) is 3.38. The predicted octanol–water partition coefficient (Wildman–Crippen LogP) is 5.01. The molecule has 5 nitrogen and oxygen atoms in total. The molecule has 3 rings (SSSR count). The number of carbonyl (C=O) groups is 1. The smallest absolute Gasteiger partial charge is 0.264 e. The molecule has 1 amide bonds. The Morgan fingerprint density at radius 3 is 2.29 bits per heavy atom. The van der Waals surface area contributed by atoms with Crippen LogP contribution in [0.1, 0.15) is 46.4 Å². The number of nitrogens with one attached hydrogen (secondary N) is 1. The van der Waals surface area contributed by atoms with Crippen LogP contribution in [0.3, 0.4) is 0 Å². The molecule has 0 aliphatic carbocycles. The van der Waals surface area contributed by atoms with Crippen LogP contribution in [0.25, 0.3) is 0 Å². The fourth-order valence-corrected chi connectivity index (χ4v) is 4.58. The fraction of sp³-hybridized carbons (Fsp3) is 0.240. The van der Waals surface area contributed by atoms with Crippen molar-refractivity contribution in [2.45, 2.75) is 38.1 Å². The summed E-state index contributed by atoms with van der Waals surface area (Å²) in [7, 11) is -2.22. The molecule has 6 heteroatoms. The second-order valence-corrected chi connectivity index (χ2v) is 9.58. The molecule has 3 aromatic carbocycles. The highest BCUT2D eigenvalue weighted by atomic mass is 32.2. The van der Waals surface area contributed by atoms with Gasteiger partial charge in [0.25, 0.3) is 15.9 Å². The van der Waals surface area contributed by atoms with E-state index in [0.717, 1.165) is 12.0 Å². The van der Waals surface area contributed by atoms with E-state index in [1.807, 2.05) is 13.0 Å². The van der Waals surface area contributed by atoms with Crippen molar-refractivity contribution in [3.63, 3.8) is 0 Å². The van der Waals surface area contributed by atoms with Gasteiger partial charge in [-0.15, -0.1) is 0 Å². The van der Waals surface area contributed by atoms with Crippen LogP contribution in [-0.4, -0.2) is 21.4 Å². The molecule has 0 saturated heterocycles. The first-order valence-corrected chi connectivity index (χ1v) is 11.7. The zero-order chi connectivity index (χ0) is 22.6. The van der Waals surface area contributed by atoms with E-state index in [4.69, 9.17) is 0 Å². The molecule has 1 atom stereocenters. The summed E-state index contributed by atoms with van der Waals surface area (Å²) in [5, 5.41) is 3.08. The highest BCUT2D eigenvalue weighted by Crippen LogP contribution is 2.24. The number of sulfonamides is 1. The van der Waals surface area contributed by atoms with E-state index in [9.17, 15) is 13.2 Å². The van der Waals surface area contributed by atoms with Crippen molar-refractivity contribution in [2.75, 3.05) is 11.4 Å². The van der Waals surface area contributed by atoms with E-state index < -0.39 is 10.0 Å². The summed E-state index contributed by atoms with van der Waals surface area (Å²) in [5.41, 5.74) is 4.28. The normalized spacial score (nSPS) is 12.3. The molecule has 0 saturated carbocycles. The van der Waals surface area contributed by atoms with Gasteiger partial charge in [0.1, 0.15) is 0 Å². The lowest BCUT2D eigenvalue weighted by molar-refractivity contribution is 0.0935. The number of hydrogen-bond donors (Lipinski definition) is 1. The Bertz CT molecular complexity index is 1170. The monoisotopic (exact) mass is 436 g/mol. The van der Waals surface area contributed by atoms with Gasteiger partial charge in [0.2, 0.25) is 0 Å². The van der Waals surface area contributed by atoms with Gasteiger partial charge in [0, 0.05) is 12.6 Å². The van der Waals surface area contributed by atoms with E-state index in [-0.39, 0.29) is 16.8 Å². The summed E-state index contributed by atoms with van der Waals surface area (Å²) in [5.74, 6) is -0.238. The second-order valence-electron chi connectivity index (χ2n) is 7.61. The Hall–Kier alpha value is -3.12. The lowest BCUT2D eigenvalue weighted by atomic mass is 9.99. The number of carbonyl (C=O) groups excluding carboxylic acids is 1. The number of rotatable bonds is 7. The van der Waals surface area contributed by atoms with E-state index in [0.29, 0.717) is 11.3 Å². The van der Waals surface area contributed by atoms with Crippen molar-refractivity contribution >= 4 is 21.6 Å². The summed E-state index contributed by atoms with van der Waals surface area (Å²) in [4.78, 5) is 13.2. The van der Waals surface area contributed by atoms with E-state index in [1.165, 1.54) is 22.5 Å². The average molecular weight is 437 g/mol. The molecule has 3 aromatic rings. The largest absolute Gasteiger partial charge is 0.345 e. The number of hydrogen-bond acceptors (Lipinski definition) is 3. The number of anilines is 1. The number of aryl methyl sites for hydroxylation is 2. The molecule has 0 aliphatic rings. The third-order valence-electron chi connectivity index (χ3n) is 5.52. The van der Waals surface area contributed by atoms with Gasteiger partial charge >= 0.3 is 0 Å². The van der Waals surface area contributed by atoms with E-state index >= 15 is 0 Å². The Kier molecular flexibility index (Phi) is 6.81. The van der Waals surface area contributed by atoms with Crippen molar-refractivity contribution in [3.05, 3.63) is 95.1 Å². The quantitative estimate of drug-likeness (QED) is 0.566. The van der Waals surface area contributed by atoms with Crippen molar-refractivity contribution < 1.29 is 13.2 Å². The van der Waals surface area contributed by atoms with Crippen molar-refractivity contribution in [2.24, 2.45) is 0 Å². The van der Waals surface area contributed by atoms with Gasteiger partial charge in [-0.3, -0.25) is 9.10 Å². The minimum Gasteiger partial charge on any atom is -0.345 e. The number of nitrogens with zero attached hydrogens (tertiary/aromatic N) is 1. The van der Waals surface area contributed by atoms with Crippen LogP contribution in [0.15, 0.2) is 77.7 Å². The van der Waals surface area contributed by atoms with Gasteiger partial charge in [0.05, 0.1) is 16.6 Å². The van der Waals surface area contributed by atoms with Crippen LogP contribution in [0.5, 0.6) is 0 Å². The zero-order valence-corrected chi connectivity index (χ0v) is 19.1. The maximum absolute atomic E-state index is 13.0. The third kappa shape index (κ3) is 4.97. The highest BCUT2D eigenvalue weighted by Gasteiger charge is 2.22. The SMILES string of the molecule is CC[C@@H](NC(=O)c1cccc(N(C)S(=O)(=O)c2ccccc2)c1)c1ccc(C)c(C)c1. The minimum atomic E-state index is -3.71. The second kappa shape index (κ2) is 9.35. The maximum Gasteiger partial charge on any atom is 0.264 e. The molecule has 0 fully saturated rings. The first-order valence-electron chi connectivity index (χ1n) is 10.3. The van der Waals surface area contributed by atoms with Crippen molar-refractivity contribution in [1.82, 2.24) is 5.32 Å². The van der Waals surface area contributed by atoms with E-state index in [2.05, 4.69) is 31.3 Å². The maximum atomic E-state index is 13.0. The molecule has 0 radical (unpaired) electrons. The van der Waals surface area contributed by atoms with Crippen LogP contribution in [0.4, 0.5) is 5.69 Å². The summed E-state index contributed by atoms with van der Waals surface area (Å²) in [6, 6.07) is 21.0. The van der Waals surface area contributed by atoms with Crippen LogP contribution in [0.2, 0.25) is 0 Å². The van der Waals surface area contributed by atoms with Crippen LogP contribution in [-0.2, 0) is 10.0 Å². The molecule has 0 spiro atoms. The van der Waals surface area contributed by atoms with Gasteiger partial charge < -0.3 is 5.32 Å². The van der Waals surface area contributed by atoms with Gasteiger partial charge in [0.15, 0.2) is 0 Å². The molecule has 0 aromatic heterocycles. The van der Waals surface area contributed by atoms with E-state index in [1.54, 1.807) is 54.6 Å². The molecule has 31 heavy (non-hydrogen) atoms. The van der Waals surface area contributed by atoms with Crippen LogP contribution in [0, 0.1) is 13.8 Å². The molecule has 162 valence electrons. The molecule has 0 heterocycles. The molecular formula is C25H28N2O3S. The minimum absolute atomic E-state index is 0.124. The van der Waals surface area contributed by atoms with Crippen LogP contribution >= 0.6 is 0 Å². The summed E-state index contributed by atoms with van der Waals surface area (Å²) < 4.78 is 27.0. The summed E-state index contributed by atoms with van der Waals surface area (Å²) in [6.45, 7) is 6.14. The van der Waals surface area contributed by atoms with Crippen molar-refractivity contribution in [3.8, 4) is 0 Å². The van der Waals surface area contributed by atoms with Gasteiger partial charge in [-0.1, -0.05) is 49.4 Å². The Labute approximate surface area is 184 Å². The lowest BCUT2D eigenvalue weighted by Gasteiger charge is -2.21. The Morgan fingerprint density at radius 1 is 0.935 bits per heavy atom. The van der Waals surface area contributed by atoms with Gasteiger partial charge in [-0.2, -0.15) is 0 Å².